The Bertz CT molecular complexity index is 324. The minimum absolute atomic E-state index is 0.0226. The molecule has 0 unspecified atom stereocenters. The molecule has 0 fully saturated rings. The van der Waals surface area contributed by atoms with Gasteiger partial charge in [-0.05, 0) is 17.5 Å². The van der Waals surface area contributed by atoms with E-state index in [1.54, 1.807) is 17.4 Å². The minimum Gasteiger partial charge on any atom is -0.295 e. The van der Waals surface area contributed by atoms with E-state index in [9.17, 15) is 4.79 Å². The van der Waals surface area contributed by atoms with Crippen molar-refractivity contribution in [3.8, 4) is 0 Å². The Morgan fingerprint density at radius 2 is 2.42 bits per heavy atom. The van der Waals surface area contributed by atoms with Crippen LogP contribution in [0.4, 0.5) is 0 Å². The lowest BCUT2D eigenvalue weighted by Crippen LogP contribution is -2.15. The Hall–Kier alpha value is -0.890. The number of hydrogen-bond donors (Lipinski definition) is 0. The van der Waals surface area contributed by atoms with Crippen molar-refractivity contribution >= 4 is 17.1 Å². The maximum absolute atomic E-state index is 11.1. The lowest BCUT2D eigenvalue weighted by Gasteiger charge is -2.18. The van der Waals surface area contributed by atoms with E-state index in [-0.39, 0.29) is 11.2 Å². The smallest absolute Gasteiger partial charge is 0.156 e. The minimum atomic E-state index is -0.0226. The molecule has 1 aliphatic carbocycles. The maximum Gasteiger partial charge on any atom is 0.156 e. The lowest BCUT2D eigenvalue weighted by atomic mass is 9.88. The molecule has 0 aromatic carbocycles. The van der Waals surface area contributed by atoms with Crippen LogP contribution in [0.2, 0.25) is 0 Å². The molecule has 1 atom stereocenters. The first-order chi connectivity index (χ1) is 5.71. The van der Waals surface area contributed by atoms with Gasteiger partial charge in [-0.25, -0.2) is 0 Å². The molecule has 0 radical (unpaired) electrons. The molecule has 0 spiro atoms. The summed E-state index contributed by atoms with van der Waals surface area (Å²) >= 11 is 1.72. The molecule has 1 nitrogen and oxygen atoms in total. The second-order valence-corrected chi connectivity index (χ2v) is 4.32. The van der Waals surface area contributed by atoms with Gasteiger partial charge in [-0.2, -0.15) is 0 Å². The van der Waals surface area contributed by atoms with E-state index in [1.807, 2.05) is 12.1 Å². The van der Waals surface area contributed by atoms with Crippen LogP contribution in [0, 0.1) is 0 Å². The standard InChI is InChI=1S/C10H10OS/c1-10(5-4-8(11)7-10)9-3-2-6-12-9/h2-6H,7H2,1H3/t10-/m0/s1. The molecule has 0 aliphatic heterocycles. The normalized spacial score (nSPS) is 28.2. The van der Waals surface area contributed by atoms with E-state index < -0.39 is 0 Å². The summed E-state index contributed by atoms with van der Waals surface area (Å²) in [5, 5.41) is 2.05. The number of allylic oxidation sites excluding steroid dienone is 2. The summed E-state index contributed by atoms with van der Waals surface area (Å²) in [6.07, 6.45) is 4.34. The number of thiophene rings is 1. The zero-order valence-electron chi connectivity index (χ0n) is 6.91. The van der Waals surface area contributed by atoms with Gasteiger partial charge in [0.1, 0.15) is 0 Å². The van der Waals surface area contributed by atoms with Crippen LogP contribution in [0.5, 0.6) is 0 Å². The molecule has 0 amide bonds. The molecule has 62 valence electrons. The number of rotatable bonds is 1. The molecule has 1 heterocycles. The SMILES string of the molecule is C[C@]1(c2cccs2)C=CC(=O)C1. The molecule has 2 heteroatoms. The van der Waals surface area contributed by atoms with Crippen molar-refractivity contribution in [3.63, 3.8) is 0 Å². The van der Waals surface area contributed by atoms with E-state index >= 15 is 0 Å². The van der Waals surface area contributed by atoms with Gasteiger partial charge < -0.3 is 0 Å². The molecule has 1 aliphatic rings. The van der Waals surface area contributed by atoms with Crippen molar-refractivity contribution in [2.45, 2.75) is 18.8 Å². The molecular weight excluding hydrogens is 168 g/mol. The first-order valence-electron chi connectivity index (χ1n) is 3.97. The number of carbonyl (C=O) groups excluding carboxylic acids is 1. The van der Waals surface area contributed by atoms with Gasteiger partial charge in [0.25, 0.3) is 0 Å². The number of ketones is 1. The van der Waals surface area contributed by atoms with Crippen LogP contribution in [-0.2, 0) is 10.2 Å². The fourth-order valence-electron chi connectivity index (χ4n) is 1.53. The van der Waals surface area contributed by atoms with E-state index in [4.69, 9.17) is 0 Å². The van der Waals surface area contributed by atoms with Crippen LogP contribution in [0.25, 0.3) is 0 Å². The quantitative estimate of drug-likeness (QED) is 0.646. The summed E-state index contributed by atoms with van der Waals surface area (Å²) in [4.78, 5) is 12.4. The van der Waals surface area contributed by atoms with Crippen LogP contribution in [-0.4, -0.2) is 5.78 Å². The van der Waals surface area contributed by atoms with E-state index in [0.717, 1.165) is 0 Å². The summed E-state index contributed by atoms with van der Waals surface area (Å²) in [5.41, 5.74) is -0.0226. The van der Waals surface area contributed by atoms with Crippen molar-refractivity contribution in [1.82, 2.24) is 0 Å². The van der Waals surface area contributed by atoms with Crippen molar-refractivity contribution in [3.05, 3.63) is 34.5 Å². The van der Waals surface area contributed by atoms with Crippen LogP contribution in [0.15, 0.2) is 29.7 Å². The second kappa shape index (κ2) is 2.56. The second-order valence-electron chi connectivity index (χ2n) is 3.37. The third kappa shape index (κ3) is 1.12. The third-order valence-corrected chi connectivity index (χ3v) is 3.41. The van der Waals surface area contributed by atoms with Crippen molar-refractivity contribution in [2.75, 3.05) is 0 Å². The van der Waals surface area contributed by atoms with Gasteiger partial charge in [0.15, 0.2) is 5.78 Å². The molecule has 0 saturated heterocycles. The van der Waals surface area contributed by atoms with E-state index in [2.05, 4.69) is 18.4 Å². The molecule has 0 N–H and O–H groups in total. The predicted molar refractivity (Wildman–Crippen MR) is 50.4 cm³/mol. The van der Waals surface area contributed by atoms with Gasteiger partial charge in [-0.1, -0.05) is 19.1 Å². The molecule has 2 rings (SSSR count). The largest absolute Gasteiger partial charge is 0.295 e. The van der Waals surface area contributed by atoms with Crippen molar-refractivity contribution < 1.29 is 4.79 Å². The zero-order chi connectivity index (χ0) is 8.60. The highest BCUT2D eigenvalue weighted by atomic mass is 32.1. The summed E-state index contributed by atoms with van der Waals surface area (Å²) < 4.78 is 0. The van der Waals surface area contributed by atoms with Gasteiger partial charge in [0.05, 0.1) is 0 Å². The maximum atomic E-state index is 11.1. The number of carbonyl (C=O) groups is 1. The summed E-state index contributed by atoms with van der Waals surface area (Å²) in [7, 11) is 0. The van der Waals surface area contributed by atoms with Gasteiger partial charge >= 0.3 is 0 Å². The van der Waals surface area contributed by atoms with Crippen LogP contribution >= 0.6 is 11.3 Å². The van der Waals surface area contributed by atoms with Crippen molar-refractivity contribution in [1.29, 1.82) is 0 Å². The average Bonchev–Trinajstić information content (AvgIpc) is 2.59. The number of hydrogen-bond acceptors (Lipinski definition) is 2. The molecule has 12 heavy (non-hydrogen) atoms. The highest BCUT2D eigenvalue weighted by Crippen LogP contribution is 2.36. The van der Waals surface area contributed by atoms with Crippen molar-refractivity contribution in [2.24, 2.45) is 0 Å². The van der Waals surface area contributed by atoms with Gasteiger partial charge in [-0.15, -0.1) is 11.3 Å². The van der Waals surface area contributed by atoms with Crippen LogP contribution < -0.4 is 0 Å². The highest BCUT2D eigenvalue weighted by molar-refractivity contribution is 7.10. The Kier molecular flexibility index (Phi) is 1.65. The summed E-state index contributed by atoms with van der Waals surface area (Å²) in [5.74, 6) is 0.242. The Labute approximate surface area is 75.7 Å². The zero-order valence-corrected chi connectivity index (χ0v) is 7.73. The van der Waals surface area contributed by atoms with E-state index in [0.29, 0.717) is 6.42 Å². The average molecular weight is 178 g/mol. The summed E-state index contributed by atoms with van der Waals surface area (Å²) in [6.45, 7) is 2.11. The van der Waals surface area contributed by atoms with Crippen LogP contribution in [0.3, 0.4) is 0 Å². The Morgan fingerprint density at radius 3 is 2.92 bits per heavy atom. The molecular formula is C10H10OS. The van der Waals surface area contributed by atoms with Gasteiger partial charge in [-0.3, -0.25) is 4.79 Å². The third-order valence-electron chi connectivity index (χ3n) is 2.26. The Morgan fingerprint density at radius 1 is 1.58 bits per heavy atom. The first kappa shape index (κ1) is 7.74. The summed E-state index contributed by atoms with van der Waals surface area (Å²) in [6, 6.07) is 4.12. The molecule has 0 bridgehead atoms. The van der Waals surface area contributed by atoms with E-state index in [1.165, 1.54) is 4.88 Å². The monoisotopic (exact) mass is 178 g/mol. The fraction of sp³-hybridized carbons (Fsp3) is 0.300. The first-order valence-corrected chi connectivity index (χ1v) is 4.85. The lowest BCUT2D eigenvalue weighted by molar-refractivity contribution is -0.114. The molecule has 1 aromatic heterocycles. The molecule has 0 saturated carbocycles. The molecule has 1 aromatic rings. The van der Waals surface area contributed by atoms with Gasteiger partial charge in [0.2, 0.25) is 0 Å². The fourth-order valence-corrected chi connectivity index (χ4v) is 2.40. The topological polar surface area (TPSA) is 17.1 Å². The van der Waals surface area contributed by atoms with Gasteiger partial charge in [0, 0.05) is 16.7 Å². The van der Waals surface area contributed by atoms with Crippen LogP contribution in [0.1, 0.15) is 18.2 Å². The predicted octanol–water partition coefficient (Wildman–Crippen LogP) is 2.53. The highest BCUT2D eigenvalue weighted by Gasteiger charge is 2.31. The Balaban J connectivity index is 2.36.